The maximum absolute atomic E-state index is 13.2. The molecule has 122 valence electrons. The molecule has 0 aliphatic heterocycles. The number of nitrogens with zero attached hydrogens (tertiary/aromatic N) is 3. The fourth-order valence-corrected chi connectivity index (χ4v) is 2.14. The first-order valence-corrected chi connectivity index (χ1v) is 7.13. The van der Waals surface area contributed by atoms with Crippen molar-refractivity contribution in [1.82, 2.24) is 14.8 Å². The molecule has 0 atom stereocenters. The summed E-state index contributed by atoms with van der Waals surface area (Å²) in [5, 5.41) is 4.15. The Morgan fingerprint density at radius 1 is 1.21 bits per heavy atom. The summed E-state index contributed by atoms with van der Waals surface area (Å²) in [7, 11) is 1.31. The fourth-order valence-electron chi connectivity index (χ4n) is 2.14. The maximum Gasteiger partial charge on any atom is 0.338 e. The van der Waals surface area contributed by atoms with Gasteiger partial charge in [0.15, 0.2) is 5.82 Å². The molecule has 0 saturated carbocycles. The molecule has 0 N–H and O–H groups in total. The largest absolute Gasteiger partial charge is 0.473 e. The summed E-state index contributed by atoms with van der Waals surface area (Å²) in [6.07, 6.45) is 3.03. The van der Waals surface area contributed by atoms with Gasteiger partial charge in [-0.2, -0.15) is 9.78 Å². The van der Waals surface area contributed by atoms with Gasteiger partial charge in [0.05, 0.1) is 18.9 Å². The van der Waals surface area contributed by atoms with E-state index in [-0.39, 0.29) is 12.4 Å². The molecule has 0 amide bonds. The van der Waals surface area contributed by atoms with Gasteiger partial charge in [0.1, 0.15) is 12.4 Å². The van der Waals surface area contributed by atoms with Gasteiger partial charge in [-0.1, -0.05) is 12.1 Å². The van der Waals surface area contributed by atoms with E-state index in [0.717, 1.165) is 0 Å². The lowest BCUT2D eigenvalue weighted by Gasteiger charge is -2.09. The summed E-state index contributed by atoms with van der Waals surface area (Å²) in [5.74, 6) is 0.0519. The van der Waals surface area contributed by atoms with Crippen LogP contribution in [-0.4, -0.2) is 27.8 Å². The van der Waals surface area contributed by atoms with E-state index in [1.165, 1.54) is 30.1 Å². The molecule has 0 fully saturated rings. The molecule has 0 bridgehead atoms. The molecule has 2 heterocycles. The normalized spacial score (nSPS) is 10.4. The molecule has 6 nitrogen and oxygen atoms in total. The average molecular weight is 327 g/mol. The molecular weight excluding hydrogens is 313 g/mol. The number of esters is 1. The van der Waals surface area contributed by atoms with Crippen LogP contribution in [0, 0.1) is 5.82 Å². The summed E-state index contributed by atoms with van der Waals surface area (Å²) >= 11 is 0. The van der Waals surface area contributed by atoms with Gasteiger partial charge < -0.3 is 9.47 Å². The van der Waals surface area contributed by atoms with Gasteiger partial charge in [0.2, 0.25) is 5.88 Å². The average Bonchev–Trinajstić information content (AvgIpc) is 3.08. The van der Waals surface area contributed by atoms with Crippen LogP contribution in [0.15, 0.2) is 54.9 Å². The SMILES string of the molecule is COC(=O)c1ccnc(-n2nccc2OCc2cccc(F)c2)c1. The Hall–Kier alpha value is -3.22. The predicted octanol–water partition coefficient (Wildman–Crippen LogP) is 2.77. The molecular formula is C17H14FN3O3. The molecule has 3 rings (SSSR count). The summed E-state index contributed by atoms with van der Waals surface area (Å²) in [4.78, 5) is 15.8. The van der Waals surface area contributed by atoms with Crippen LogP contribution < -0.4 is 4.74 Å². The Kier molecular flexibility index (Phi) is 4.51. The number of ether oxygens (including phenoxy) is 2. The molecule has 3 aromatic rings. The van der Waals surface area contributed by atoms with E-state index in [4.69, 9.17) is 9.47 Å². The minimum Gasteiger partial charge on any atom is -0.473 e. The van der Waals surface area contributed by atoms with Crippen molar-refractivity contribution in [2.24, 2.45) is 0 Å². The number of hydrogen-bond acceptors (Lipinski definition) is 5. The molecule has 2 aromatic heterocycles. The van der Waals surface area contributed by atoms with E-state index in [0.29, 0.717) is 22.8 Å². The standard InChI is InChI=1S/C17H14FN3O3/c1-23-17(22)13-5-7-19-15(10-13)21-16(6-8-20-21)24-11-12-3-2-4-14(18)9-12/h2-10H,11H2,1H3. The summed E-state index contributed by atoms with van der Waals surface area (Å²) in [5.41, 5.74) is 1.05. The number of hydrogen-bond donors (Lipinski definition) is 0. The first-order valence-electron chi connectivity index (χ1n) is 7.13. The van der Waals surface area contributed by atoms with Crippen molar-refractivity contribution in [3.8, 4) is 11.7 Å². The van der Waals surface area contributed by atoms with Crippen LogP contribution in [0.1, 0.15) is 15.9 Å². The quantitative estimate of drug-likeness (QED) is 0.674. The van der Waals surface area contributed by atoms with Crippen molar-refractivity contribution < 1.29 is 18.7 Å². The Labute approximate surface area is 137 Å². The van der Waals surface area contributed by atoms with Gasteiger partial charge in [-0.3, -0.25) is 0 Å². The predicted molar refractivity (Wildman–Crippen MR) is 83.4 cm³/mol. The lowest BCUT2D eigenvalue weighted by molar-refractivity contribution is 0.0600. The van der Waals surface area contributed by atoms with Gasteiger partial charge in [-0.05, 0) is 29.8 Å². The molecule has 0 unspecified atom stereocenters. The number of carbonyl (C=O) groups is 1. The summed E-state index contributed by atoms with van der Waals surface area (Å²) < 4.78 is 25.0. The van der Waals surface area contributed by atoms with Crippen LogP contribution in [0.2, 0.25) is 0 Å². The molecule has 7 heteroatoms. The van der Waals surface area contributed by atoms with Crippen molar-refractivity contribution in [3.05, 3.63) is 71.8 Å². The highest BCUT2D eigenvalue weighted by molar-refractivity contribution is 5.89. The minimum absolute atomic E-state index is 0.181. The van der Waals surface area contributed by atoms with E-state index in [1.54, 1.807) is 36.5 Å². The van der Waals surface area contributed by atoms with E-state index < -0.39 is 5.97 Å². The fraction of sp³-hybridized carbons (Fsp3) is 0.118. The Bertz CT molecular complexity index is 864. The van der Waals surface area contributed by atoms with Crippen molar-refractivity contribution in [2.75, 3.05) is 7.11 Å². The van der Waals surface area contributed by atoms with Crippen molar-refractivity contribution in [3.63, 3.8) is 0 Å². The Morgan fingerprint density at radius 2 is 2.08 bits per heavy atom. The first-order chi connectivity index (χ1) is 11.7. The molecule has 1 aromatic carbocycles. The van der Waals surface area contributed by atoms with Crippen LogP contribution in [0.5, 0.6) is 5.88 Å². The van der Waals surface area contributed by atoms with E-state index in [9.17, 15) is 9.18 Å². The molecule has 24 heavy (non-hydrogen) atoms. The number of pyridine rings is 1. The molecule has 0 saturated heterocycles. The van der Waals surface area contributed by atoms with Crippen molar-refractivity contribution in [1.29, 1.82) is 0 Å². The zero-order valence-corrected chi connectivity index (χ0v) is 12.8. The topological polar surface area (TPSA) is 66.2 Å². The van der Waals surface area contributed by atoms with Gasteiger partial charge in [0, 0.05) is 12.3 Å². The van der Waals surface area contributed by atoms with E-state index >= 15 is 0 Å². The molecule has 0 spiro atoms. The number of rotatable bonds is 5. The third-order valence-corrected chi connectivity index (χ3v) is 3.27. The lowest BCUT2D eigenvalue weighted by Crippen LogP contribution is -2.07. The highest BCUT2D eigenvalue weighted by Crippen LogP contribution is 2.18. The van der Waals surface area contributed by atoms with Crippen LogP contribution in [-0.2, 0) is 11.3 Å². The second-order valence-corrected chi connectivity index (χ2v) is 4.89. The molecule has 0 aliphatic rings. The van der Waals surface area contributed by atoms with Gasteiger partial charge >= 0.3 is 5.97 Å². The zero-order chi connectivity index (χ0) is 16.9. The first kappa shape index (κ1) is 15.7. The lowest BCUT2D eigenvalue weighted by atomic mass is 10.2. The van der Waals surface area contributed by atoms with Crippen molar-refractivity contribution >= 4 is 5.97 Å². The summed E-state index contributed by atoms with van der Waals surface area (Å²) in [6.45, 7) is 0.181. The van der Waals surface area contributed by atoms with E-state index in [2.05, 4.69) is 10.1 Å². The number of benzene rings is 1. The van der Waals surface area contributed by atoms with Crippen LogP contribution in [0.3, 0.4) is 0 Å². The van der Waals surface area contributed by atoms with Crippen LogP contribution in [0.4, 0.5) is 4.39 Å². The van der Waals surface area contributed by atoms with E-state index in [1.807, 2.05) is 0 Å². The zero-order valence-electron chi connectivity index (χ0n) is 12.8. The third kappa shape index (κ3) is 3.40. The van der Waals surface area contributed by atoms with Gasteiger partial charge in [-0.15, -0.1) is 0 Å². The Balaban J connectivity index is 1.81. The van der Waals surface area contributed by atoms with Gasteiger partial charge in [-0.25, -0.2) is 14.2 Å². The monoisotopic (exact) mass is 327 g/mol. The maximum atomic E-state index is 13.2. The number of aromatic nitrogens is 3. The highest BCUT2D eigenvalue weighted by Gasteiger charge is 2.11. The summed E-state index contributed by atoms with van der Waals surface area (Å²) in [6, 6.07) is 10.9. The van der Waals surface area contributed by atoms with Gasteiger partial charge in [0.25, 0.3) is 0 Å². The van der Waals surface area contributed by atoms with Crippen LogP contribution >= 0.6 is 0 Å². The number of methoxy groups -OCH3 is 1. The molecule has 0 aliphatic carbocycles. The second-order valence-electron chi connectivity index (χ2n) is 4.89. The third-order valence-electron chi connectivity index (χ3n) is 3.27. The number of halogens is 1. The second kappa shape index (κ2) is 6.91. The number of carbonyl (C=O) groups excluding carboxylic acids is 1. The van der Waals surface area contributed by atoms with Crippen LogP contribution in [0.25, 0.3) is 5.82 Å². The van der Waals surface area contributed by atoms with Crippen molar-refractivity contribution in [2.45, 2.75) is 6.61 Å². The molecule has 0 radical (unpaired) electrons. The minimum atomic E-state index is -0.465. The highest BCUT2D eigenvalue weighted by atomic mass is 19.1. The Morgan fingerprint density at radius 3 is 2.88 bits per heavy atom. The smallest absolute Gasteiger partial charge is 0.338 e.